The van der Waals surface area contributed by atoms with Crippen LogP contribution in [0.2, 0.25) is 0 Å². The molecule has 1 aromatic rings. The molecule has 0 spiro atoms. The van der Waals surface area contributed by atoms with E-state index in [9.17, 15) is 0 Å². The van der Waals surface area contributed by atoms with Crippen LogP contribution in [-0.2, 0) is 0 Å². The molecule has 0 bridgehead atoms. The zero-order valence-electron chi connectivity index (χ0n) is 7.98. The minimum atomic E-state index is 0.881. The highest BCUT2D eigenvalue weighted by Gasteiger charge is 2.02. The fourth-order valence-electron chi connectivity index (χ4n) is 1.52. The van der Waals surface area contributed by atoms with Crippen molar-refractivity contribution in [3.8, 4) is 0 Å². The monoisotopic (exact) mass is 183 g/mol. The Morgan fingerprint density at radius 3 is 2.50 bits per heavy atom. The summed E-state index contributed by atoms with van der Waals surface area (Å²) in [5, 5.41) is 0. The largest absolute Gasteiger partial charge is 0.398 e. The van der Waals surface area contributed by atoms with Crippen molar-refractivity contribution >= 4 is 5.70 Å². The highest BCUT2D eigenvalue weighted by molar-refractivity contribution is 5.69. The van der Waals surface area contributed by atoms with E-state index in [1.54, 1.807) is 0 Å². The maximum atomic E-state index is 6.06. The molecular formula is C13H13N. The van der Waals surface area contributed by atoms with Crippen LogP contribution in [0.1, 0.15) is 12.0 Å². The van der Waals surface area contributed by atoms with Crippen molar-refractivity contribution in [3.63, 3.8) is 0 Å². The standard InChI is InChI=1S/C13H13N/c14-13(11-7-3-1-4-8-11)12-9-5-2-6-10-12/h1-9H,10,14H2/b13-12-. The Morgan fingerprint density at radius 2 is 1.86 bits per heavy atom. The van der Waals surface area contributed by atoms with Gasteiger partial charge in [0.25, 0.3) is 0 Å². The second kappa shape index (κ2) is 3.97. The molecule has 14 heavy (non-hydrogen) atoms. The van der Waals surface area contributed by atoms with E-state index >= 15 is 0 Å². The smallest absolute Gasteiger partial charge is 0.0423 e. The van der Waals surface area contributed by atoms with Crippen molar-refractivity contribution in [1.29, 1.82) is 0 Å². The van der Waals surface area contributed by atoms with Crippen LogP contribution in [0.15, 0.2) is 60.2 Å². The average molecular weight is 183 g/mol. The predicted octanol–water partition coefficient (Wildman–Crippen LogP) is 2.87. The highest BCUT2D eigenvalue weighted by Crippen LogP contribution is 2.19. The molecule has 0 aromatic heterocycles. The molecule has 1 aromatic carbocycles. The van der Waals surface area contributed by atoms with Crippen molar-refractivity contribution in [2.75, 3.05) is 0 Å². The number of hydrogen-bond acceptors (Lipinski definition) is 1. The molecule has 2 N–H and O–H groups in total. The van der Waals surface area contributed by atoms with Crippen LogP contribution in [-0.4, -0.2) is 0 Å². The van der Waals surface area contributed by atoms with E-state index < -0.39 is 0 Å². The summed E-state index contributed by atoms with van der Waals surface area (Å²) in [6.07, 6.45) is 9.18. The summed E-state index contributed by atoms with van der Waals surface area (Å²) >= 11 is 0. The first-order valence-electron chi connectivity index (χ1n) is 4.75. The van der Waals surface area contributed by atoms with Gasteiger partial charge in [0, 0.05) is 5.70 Å². The van der Waals surface area contributed by atoms with E-state index in [0.29, 0.717) is 0 Å². The molecule has 1 nitrogen and oxygen atoms in total. The van der Waals surface area contributed by atoms with Crippen LogP contribution in [0.4, 0.5) is 0 Å². The Bertz CT molecular complexity index is 397. The summed E-state index contributed by atoms with van der Waals surface area (Å²) in [5.74, 6) is 0. The van der Waals surface area contributed by atoms with Gasteiger partial charge in [0.15, 0.2) is 0 Å². The molecule has 0 fully saturated rings. The number of allylic oxidation sites excluding steroid dienone is 5. The lowest BCUT2D eigenvalue weighted by Crippen LogP contribution is -2.00. The van der Waals surface area contributed by atoms with Gasteiger partial charge < -0.3 is 5.73 Å². The zero-order valence-corrected chi connectivity index (χ0v) is 7.98. The summed E-state index contributed by atoms with van der Waals surface area (Å²) in [6.45, 7) is 0. The Hall–Kier alpha value is -1.76. The lowest BCUT2D eigenvalue weighted by molar-refractivity contribution is 1.25. The summed E-state index contributed by atoms with van der Waals surface area (Å²) in [7, 11) is 0. The maximum Gasteiger partial charge on any atom is 0.0423 e. The van der Waals surface area contributed by atoms with Crippen LogP contribution in [0, 0.1) is 0 Å². The van der Waals surface area contributed by atoms with E-state index in [2.05, 4.69) is 12.2 Å². The van der Waals surface area contributed by atoms with Gasteiger partial charge in [-0.25, -0.2) is 0 Å². The van der Waals surface area contributed by atoms with Gasteiger partial charge in [-0.05, 0) is 17.6 Å². The molecule has 0 saturated carbocycles. The quantitative estimate of drug-likeness (QED) is 0.711. The minimum Gasteiger partial charge on any atom is -0.398 e. The predicted molar refractivity (Wildman–Crippen MR) is 60.4 cm³/mol. The van der Waals surface area contributed by atoms with Crippen LogP contribution >= 0.6 is 0 Å². The van der Waals surface area contributed by atoms with Crippen molar-refractivity contribution in [2.45, 2.75) is 6.42 Å². The molecule has 0 radical (unpaired) electrons. The van der Waals surface area contributed by atoms with Crippen molar-refractivity contribution in [1.82, 2.24) is 0 Å². The fourth-order valence-corrected chi connectivity index (χ4v) is 1.52. The van der Waals surface area contributed by atoms with Crippen LogP contribution in [0.3, 0.4) is 0 Å². The average Bonchev–Trinajstić information content (AvgIpc) is 2.30. The molecule has 0 atom stereocenters. The van der Waals surface area contributed by atoms with Gasteiger partial charge in [-0.3, -0.25) is 0 Å². The third-order valence-corrected chi connectivity index (χ3v) is 2.31. The van der Waals surface area contributed by atoms with E-state index in [0.717, 1.165) is 17.7 Å². The first-order chi connectivity index (χ1) is 6.88. The summed E-state index contributed by atoms with van der Waals surface area (Å²) in [5.41, 5.74) is 9.24. The number of nitrogens with two attached hydrogens (primary N) is 1. The first kappa shape index (κ1) is 8.82. The van der Waals surface area contributed by atoms with Crippen LogP contribution in [0.5, 0.6) is 0 Å². The topological polar surface area (TPSA) is 26.0 Å². The van der Waals surface area contributed by atoms with E-state index in [-0.39, 0.29) is 0 Å². The normalized spacial score (nSPS) is 18.3. The van der Waals surface area contributed by atoms with Crippen LogP contribution in [0.25, 0.3) is 5.70 Å². The van der Waals surface area contributed by atoms with Gasteiger partial charge in [0.1, 0.15) is 0 Å². The van der Waals surface area contributed by atoms with Crippen molar-refractivity contribution in [3.05, 3.63) is 65.8 Å². The molecule has 0 heterocycles. The fraction of sp³-hybridized carbons (Fsp3) is 0.0769. The van der Waals surface area contributed by atoms with Crippen molar-refractivity contribution in [2.24, 2.45) is 5.73 Å². The zero-order chi connectivity index (χ0) is 9.80. The Labute approximate surface area is 84.3 Å². The molecule has 0 saturated heterocycles. The Morgan fingerprint density at radius 1 is 1.07 bits per heavy atom. The Balaban J connectivity index is 2.36. The molecule has 0 unspecified atom stereocenters. The second-order valence-electron chi connectivity index (χ2n) is 3.30. The molecule has 1 aliphatic carbocycles. The van der Waals surface area contributed by atoms with Gasteiger partial charge in [-0.2, -0.15) is 0 Å². The van der Waals surface area contributed by atoms with E-state index in [1.807, 2.05) is 42.5 Å². The van der Waals surface area contributed by atoms with Gasteiger partial charge in [0.2, 0.25) is 0 Å². The third kappa shape index (κ3) is 1.77. The van der Waals surface area contributed by atoms with E-state index in [4.69, 9.17) is 5.73 Å². The molecule has 0 amide bonds. The Kier molecular flexibility index (Phi) is 2.50. The summed E-state index contributed by atoms with van der Waals surface area (Å²) in [6, 6.07) is 10.1. The molecule has 2 rings (SSSR count). The van der Waals surface area contributed by atoms with Gasteiger partial charge >= 0.3 is 0 Å². The first-order valence-corrected chi connectivity index (χ1v) is 4.75. The van der Waals surface area contributed by atoms with E-state index in [1.165, 1.54) is 5.57 Å². The highest BCUT2D eigenvalue weighted by atomic mass is 14.6. The number of rotatable bonds is 1. The minimum absolute atomic E-state index is 0.881. The van der Waals surface area contributed by atoms with Gasteiger partial charge in [-0.1, -0.05) is 54.6 Å². The molecule has 0 aliphatic heterocycles. The molecule has 1 aliphatic rings. The van der Waals surface area contributed by atoms with Gasteiger partial charge in [-0.15, -0.1) is 0 Å². The third-order valence-electron chi connectivity index (χ3n) is 2.31. The van der Waals surface area contributed by atoms with Crippen LogP contribution < -0.4 is 5.73 Å². The number of hydrogen-bond donors (Lipinski definition) is 1. The molecular weight excluding hydrogens is 170 g/mol. The molecule has 1 heteroatoms. The number of benzene rings is 1. The summed E-state index contributed by atoms with van der Waals surface area (Å²) in [4.78, 5) is 0. The lowest BCUT2D eigenvalue weighted by Gasteiger charge is -2.08. The lowest BCUT2D eigenvalue weighted by atomic mass is 10.0. The maximum absolute atomic E-state index is 6.06. The van der Waals surface area contributed by atoms with Gasteiger partial charge in [0.05, 0.1) is 0 Å². The molecule has 70 valence electrons. The van der Waals surface area contributed by atoms with Crippen molar-refractivity contribution < 1.29 is 0 Å². The SMILES string of the molecule is N/C(=C1/C=CC=CC1)c1ccccc1. The second-order valence-corrected chi connectivity index (χ2v) is 3.30. The summed E-state index contributed by atoms with van der Waals surface area (Å²) < 4.78 is 0.